The van der Waals surface area contributed by atoms with Gasteiger partial charge in [-0.05, 0) is 48.0 Å². The summed E-state index contributed by atoms with van der Waals surface area (Å²) in [5, 5.41) is 0.544. The molecular formula is C12H16BrClN2. The van der Waals surface area contributed by atoms with Crippen molar-refractivity contribution in [1.29, 1.82) is 0 Å². The molecule has 88 valence electrons. The minimum Gasteiger partial charge on any atom is -0.237 e. The lowest BCUT2D eigenvalue weighted by molar-refractivity contribution is 0.516. The van der Waals surface area contributed by atoms with E-state index >= 15 is 0 Å². The van der Waals surface area contributed by atoms with E-state index in [0.717, 1.165) is 21.9 Å². The number of hydrogen-bond donors (Lipinski definition) is 0. The van der Waals surface area contributed by atoms with E-state index in [1.165, 1.54) is 25.7 Å². The quantitative estimate of drug-likeness (QED) is 0.752. The molecule has 1 aromatic rings. The lowest BCUT2D eigenvalue weighted by Crippen LogP contribution is -2.04. The predicted octanol–water partition coefficient (Wildman–Crippen LogP) is 4.49. The summed E-state index contributed by atoms with van der Waals surface area (Å²) >= 11 is 9.46. The summed E-state index contributed by atoms with van der Waals surface area (Å²) in [7, 11) is 0. The molecule has 0 aromatic carbocycles. The average Bonchev–Trinajstić information content (AvgIpc) is 2.73. The minimum absolute atomic E-state index is 0.509. The molecule has 1 saturated carbocycles. The molecule has 2 rings (SSSR count). The first kappa shape index (κ1) is 12.3. The summed E-state index contributed by atoms with van der Waals surface area (Å²) in [5.41, 5.74) is 0.940. The molecule has 0 radical (unpaired) electrons. The summed E-state index contributed by atoms with van der Waals surface area (Å²) in [5.74, 6) is 2.28. The van der Waals surface area contributed by atoms with Gasteiger partial charge in [0.25, 0.3) is 0 Å². The van der Waals surface area contributed by atoms with Crippen LogP contribution in [0.2, 0.25) is 5.15 Å². The molecule has 16 heavy (non-hydrogen) atoms. The third-order valence-electron chi connectivity index (χ3n) is 3.48. The van der Waals surface area contributed by atoms with Crippen LogP contribution >= 0.6 is 27.5 Å². The monoisotopic (exact) mass is 302 g/mol. The van der Waals surface area contributed by atoms with Gasteiger partial charge >= 0.3 is 0 Å². The largest absolute Gasteiger partial charge is 0.237 e. The van der Waals surface area contributed by atoms with Crippen molar-refractivity contribution >= 4 is 27.5 Å². The zero-order chi connectivity index (χ0) is 11.7. The SMILES string of the molecule is CCC1CCC(c2nc(C)c(Br)c(Cl)n2)C1. The minimum atomic E-state index is 0.509. The van der Waals surface area contributed by atoms with E-state index in [0.29, 0.717) is 11.1 Å². The van der Waals surface area contributed by atoms with Crippen LogP contribution in [0.5, 0.6) is 0 Å². The Balaban J connectivity index is 2.22. The molecule has 0 bridgehead atoms. The van der Waals surface area contributed by atoms with Crippen molar-refractivity contribution in [3.8, 4) is 0 Å². The first-order chi connectivity index (χ1) is 7.61. The lowest BCUT2D eigenvalue weighted by Gasteiger charge is -2.11. The summed E-state index contributed by atoms with van der Waals surface area (Å²) < 4.78 is 0.822. The van der Waals surface area contributed by atoms with Crippen LogP contribution in [-0.4, -0.2) is 9.97 Å². The Morgan fingerprint density at radius 1 is 1.38 bits per heavy atom. The molecule has 2 atom stereocenters. The van der Waals surface area contributed by atoms with E-state index in [2.05, 4.69) is 32.8 Å². The van der Waals surface area contributed by atoms with Gasteiger partial charge < -0.3 is 0 Å². The molecule has 2 unspecified atom stereocenters. The standard InChI is InChI=1S/C12H16BrClN2/c1-3-8-4-5-9(6-8)12-15-7(2)10(13)11(14)16-12/h8-9H,3-6H2,1-2H3. The van der Waals surface area contributed by atoms with Gasteiger partial charge in [-0.1, -0.05) is 24.9 Å². The number of nitrogens with zero attached hydrogens (tertiary/aromatic N) is 2. The lowest BCUT2D eigenvalue weighted by atomic mass is 10.0. The second-order valence-corrected chi connectivity index (χ2v) is 5.71. The fourth-order valence-electron chi connectivity index (χ4n) is 2.41. The maximum Gasteiger partial charge on any atom is 0.147 e. The highest BCUT2D eigenvalue weighted by atomic mass is 79.9. The Kier molecular flexibility index (Phi) is 3.85. The van der Waals surface area contributed by atoms with Crippen molar-refractivity contribution in [2.45, 2.75) is 45.4 Å². The number of rotatable bonds is 2. The molecule has 0 spiro atoms. The number of hydrogen-bond acceptors (Lipinski definition) is 2. The Labute approximate surface area is 110 Å². The fraction of sp³-hybridized carbons (Fsp3) is 0.667. The number of aromatic nitrogens is 2. The molecular weight excluding hydrogens is 288 g/mol. The average molecular weight is 304 g/mol. The molecule has 1 fully saturated rings. The molecule has 4 heteroatoms. The highest BCUT2D eigenvalue weighted by molar-refractivity contribution is 9.10. The van der Waals surface area contributed by atoms with E-state index in [1.807, 2.05) is 6.92 Å². The molecule has 1 aliphatic carbocycles. The molecule has 2 nitrogen and oxygen atoms in total. The van der Waals surface area contributed by atoms with Crippen LogP contribution in [-0.2, 0) is 0 Å². The first-order valence-electron chi connectivity index (χ1n) is 5.81. The fourth-order valence-corrected chi connectivity index (χ4v) is 2.81. The molecule has 0 N–H and O–H groups in total. The maximum absolute atomic E-state index is 6.07. The summed E-state index contributed by atoms with van der Waals surface area (Å²) in [6.45, 7) is 4.22. The summed E-state index contributed by atoms with van der Waals surface area (Å²) in [6.07, 6.45) is 4.99. The van der Waals surface area contributed by atoms with E-state index < -0.39 is 0 Å². The van der Waals surface area contributed by atoms with Crippen LogP contribution < -0.4 is 0 Å². The van der Waals surface area contributed by atoms with E-state index in [9.17, 15) is 0 Å². The van der Waals surface area contributed by atoms with Crippen LogP contribution in [0.3, 0.4) is 0 Å². The third-order valence-corrected chi connectivity index (χ3v) is 4.93. The third kappa shape index (κ3) is 2.40. The Hall–Kier alpha value is -0.150. The summed E-state index contributed by atoms with van der Waals surface area (Å²) in [4.78, 5) is 8.93. The van der Waals surface area contributed by atoms with E-state index in [1.54, 1.807) is 0 Å². The van der Waals surface area contributed by atoms with Crippen molar-refractivity contribution in [3.05, 3.63) is 21.1 Å². The molecule has 1 aromatic heterocycles. The topological polar surface area (TPSA) is 25.8 Å². The molecule has 1 aliphatic rings. The second kappa shape index (κ2) is 5.01. The Morgan fingerprint density at radius 2 is 2.12 bits per heavy atom. The second-order valence-electron chi connectivity index (χ2n) is 4.56. The van der Waals surface area contributed by atoms with Crippen molar-refractivity contribution in [2.24, 2.45) is 5.92 Å². The Morgan fingerprint density at radius 3 is 2.69 bits per heavy atom. The predicted molar refractivity (Wildman–Crippen MR) is 69.9 cm³/mol. The van der Waals surface area contributed by atoms with Crippen LogP contribution in [0.4, 0.5) is 0 Å². The van der Waals surface area contributed by atoms with Gasteiger partial charge in [0.2, 0.25) is 0 Å². The van der Waals surface area contributed by atoms with Crippen molar-refractivity contribution in [3.63, 3.8) is 0 Å². The summed E-state index contributed by atoms with van der Waals surface area (Å²) in [6, 6.07) is 0. The van der Waals surface area contributed by atoms with Gasteiger partial charge in [-0.15, -0.1) is 0 Å². The zero-order valence-electron chi connectivity index (χ0n) is 9.63. The highest BCUT2D eigenvalue weighted by Gasteiger charge is 2.27. The molecule has 0 amide bonds. The number of halogens is 2. The van der Waals surface area contributed by atoms with Gasteiger partial charge in [0, 0.05) is 5.92 Å². The van der Waals surface area contributed by atoms with Gasteiger partial charge in [0.05, 0.1) is 10.2 Å². The van der Waals surface area contributed by atoms with E-state index in [-0.39, 0.29) is 0 Å². The number of aryl methyl sites for hydroxylation is 1. The van der Waals surface area contributed by atoms with Gasteiger partial charge in [-0.3, -0.25) is 0 Å². The maximum atomic E-state index is 6.07. The normalized spacial score (nSPS) is 25.0. The van der Waals surface area contributed by atoms with Gasteiger partial charge in [-0.2, -0.15) is 0 Å². The molecule has 0 aliphatic heterocycles. The Bertz CT molecular complexity index is 372. The van der Waals surface area contributed by atoms with Crippen molar-refractivity contribution in [2.75, 3.05) is 0 Å². The van der Waals surface area contributed by atoms with Crippen LogP contribution in [0.25, 0.3) is 0 Å². The van der Waals surface area contributed by atoms with Crippen LogP contribution in [0, 0.1) is 12.8 Å². The first-order valence-corrected chi connectivity index (χ1v) is 6.98. The van der Waals surface area contributed by atoms with Gasteiger partial charge in [-0.25, -0.2) is 9.97 Å². The van der Waals surface area contributed by atoms with Gasteiger partial charge in [0.1, 0.15) is 11.0 Å². The smallest absolute Gasteiger partial charge is 0.147 e. The molecule has 1 heterocycles. The zero-order valence-corrected chi connectivity index (χ0v) is 12.0. The van der Waals surface area contributed by atoms with Crippen LogP contribution in [0.15, 0.2) is 4.47 Å². The molecule has 0 saturated heterocycles. The van der Waals surface area contributed by atoms with Crippen molar-refractivity contribution < 1.29 is 0 Å². The van der Waals surface area contributed by atoms with Crippen LogP contribution in [0.1, 0.15) is 50.0 Å². The van der Waals surface area contributed by atoms with E-state index in [4.69, 9.17) is 11.6 Å². The van der Waals surface area contributed by atoms with Gasteiger partial charge in [0.15, 0.2) is 0 Å². The highest BCUT2D eigenvalue weighted by Crippen LogP contribution is 2.39. The van der Waals surface area contributed by atoms with Crippen molar-refractivity contribution in [1.82, 2.24) is 9.97 Å².